The highest BCUT2D eigenvalue weighted by molar-refractivity contribution is 7.23. The minimum absolute atomic E-state index is 0.0168. The standard InChI is InChI=1S/C27H18F5N7O3S.C7H12FN.CH2F2/c1-40-26-37-19-17-20(41-8-7-39(25(17)38-26)10-11-3-2-6-36-23(11)34)21(42-27(30,31)32)16(18(19)29)12-4-5-14(28)22-15(12)13(9-33)24(35)43-22;8-6-4-7-2-1-3-9(7)5-6;2-1-3/h2-6H,7-8,10,35H2,1H3,(H2,34,36);6-7H,1-5H2;1H2. The molecule has 2 unspecified atom stereocenters. The Bertz CT molecular complexity index is 2240. The minimum Gasteiger partial charge on any atom is -0.487 e. The number of benzene rings is 2. The Labute approximate surface area is 312 Å². The van der Waals surface area contributed by atoms with Crippen molar-refractivity contribution in [3.63, 3.8) is 0 Å². The molecule has 5 aromatic rings. The zero-order valence-corrected chi connectivity index (χ0v) is 29.7. The van der Waals surface area contributed by atoms with Crippen LogP contribution in [-0.4, -0.2) is 78.7 Å². The van der Waals surface area contributed by atoms with Crippen LogP contribution in [0.2, 0.25) is 0 Å². The van der Waals surface area contributed by atoms with Gasteiger partial charge in [0.15, 0.2) is 17.3 Å². The molecule has 292 valence electrons. The summed E-state index contributed by atoms with van der Waals surface area (Å²) in [6.45, 7) is 0.0622. The van der Waals surface area contributed by atoms with Gasteiger partial charge in [-0.25, -0.2) is 26.9 Å². The monoisotopic (exact) mass is 796 g/mol. The molecule has 11 nitrogen and oxygen atoms in total. The third-order valence-corrected chi connectivity index (χ3v) is 10.2. The number of ether oxygens (including phenoxy) is 3. The molecule has 0 saturated carbocycles. The fraction of sp³-hybridized carbons (Fsp3) is 0.371. The molecule has 4 N–H and O–H groups in total. The largest absolute Gasteiger partial charge is 0.573 e. The summed E-state index contributed by atoms with van der Waals surface area (Å²) in [4.78, 5) is 16.4. The molecule has 55 heavy (non-hydrogen) atoms. The third kappa shape index (κ3) is 7.89. The van der Waals surface area contributed by atoms with Crippen LogP contribution in [0.25, 0.3) is 32.1 Å². The fourth-order valence-electron chi connectivity index (χ4n) is 7.00. The van der Waals surface area contributed by atoms with E-state index in [9.17, 15) is 36.0 Å². The van der Waals surface area contributed by atoms with Gasteiger partial charge in [0.1, 0.15) is 46.8 Å². The van der Waals surface area contributed by atoms with Gasteiger partial charge >= 0.3 is 12.4 Å². The molecule has 0 bridgehead atoms. The number of aromatic nitrogens is 3. The molecule has 2 fully saturated rings. The number of halogens is 8. The van der Waals surface area contributed by atoms with E-state index in [-0.39, 0.29) is 68.9 Å². The predicted octanol–water partition coefficient (Wildman–Crippen LogP) is 7.60. The van der Waals surface area contributed by atoms with Crippen LogP contribution in [0.15, 0.2) is 30.5 Å². The molecule has 6 heterocycles. The van der Waals surface area contributed by atoms with Crippen LogP contribution in [0.1, 0.15) is 30.4 Å². The van der Waals surface area contributed by atoms with Gasteiger partial charge in [-0.2, -0.15) is 15.2 Å². The van der Waals surface area contributed by atoms with Crippen LogP contribution in [0, 0.1) is 23.0 Å². The second-order valence-corrected chi connectivity index (χ2v) is 13.5. The molecule has 0 spiro atoms. The van der Waals surface area contributed by atoms with Crippen molar-refractivity contribution in [1.82, 2.24) is 19.9 Å². The molecule has 2 atom stereocenters. The summed E-state index contributed by atoms with van der Waals surface area (Å²) in [5, 5.41) is 9.23. The van der Waals surface area contributed by atoms with Crippen molar-refractivity contribution in [2.45, 2.75) is 44.4 Å². The van der Waals surface area contributed by atoms with Crippen LogP contribution in [0.5, 0.6) is 17.5 Å². The first-order valence-electron chi connectivity index (χ1n) is 16.6. The Balaban J connectivity index is 0.000000365. The van der Waals surface area contributed by atoms with Crippen molar-refractivity contribution < 1.29 is 49.3 Å². The minimum atomic E-state index is -5.32. The van der Waals surface area contributed by atoms with Crippen molar-refractivity contribution in [2.24, 2.45) is 0 Å². The lowest BCUT2D eigenvalue weighted by Gasteiger charge is -2.24. The first kappa shape index (κ1) is 39.3. The van der Waals surface area contributed by atoms with E-state index in [4.69, 9.17) is 20.9 Å². The average molecular weight is 797 g/mol. The van der Waals surface area contributed by atoms with Gasteiger partial charge in [-0.1, -0.05) is 12.1 Å². The van der Waals surface area contributed by atoms with Gasteiger partial charge in [0.05, 0.1) is 34.9 Å². The summed E-state index contributed by atoms with van der Waals surface area (Å²) >= 11 is 0.698. The van der Waals surface area contributed by atoms with E-state index in [1.165, 1.54) is 26.1 Å². The van der Waals surface area contributed by atoms with Crippen LogP contribution in [0.4, 0.5) is 51.8 Å². The quantitative estimate of drug-likeness (QED) is 0.169. The van der Waals surface area contributed by atoms with Crippen molar-refractivity contribution >= 4 is 49.0 Å². The van der Waals surface area contributed by atoms with Crippen LogP contribution in [0.3, 0.4) is 0 Å². The predicted molar refractivity (Wildman–Crippen MR) is 189 cm³/mol. The molecule has 0 radical (unpaired) electrons. The van der Waals surface area contributed by atoms with Crippen LogP contribution < -0.4 is 30.6 Å². The highest BCUT2D eigenvalue weighted by Crippen LogP contribution is 2.53. The van der Waals surface area contributed by atoms with Gasteiger partial charge in [-0.05, 0) is 43.5 Å². The lowest BCUT2D eigenvalue weighted by atomic mass is 9.95. The molecule has 0 amide bonds. The number of nitrogen functional groups attached to an aromatic ring is 2. The summed E-state index contributed by atoms with van der Waals surface area (Å²) in [5.41, 5.74) is 10.7. The van der Waals surface area contributed by atoms with Crippen molar-refractivity contribution in [2.75, 3.05) is 56.6 Å². The second-order valence-electron chi connectivity index (χ2n) is 12.4. The van der Waals surface area contributed by atoms with Crippen molar-refractivity contribution in [3.05, 3.63) is 53.2 Å². The van der Waals surface area contributed by atoms with E-state index in [2.05, 4.69) is 24.6 Å². The molecule has 0 aliphatic carbocycles. The number of hydrogen-bond acceptors (Lipinski definition) is 12. The highest BCUT2D eigenvalue weighted by atomic mass is 32.1. The lowest BCUT2D eigenvalue weighted by Crippen LogP contribution is -2.28. The number of nitrogens with two attached hydrogens (primary N) is 2. The first-order valence-corrected chi connectivity index (χ1v) is 17.5. The molecule has 3 aliphatic rings. The van der Waals surface area contributed by atoms with Gasteiger partial charge in [0, 0.05) is 36.3 Å². The summed E-state index contributed by atoms with van der Waals surface area (Å²) < 4.78 is 121. The number of nitriles is 1. The molecule has 3 aromatic heterocycles. The average Bonchev–Trinajstić information content (AvgIpc) is 3.79. The zero-order chi connectivity index (χ0) is 39.6. The van der Waals surface area contributed by atoms with Gasteiger partial charge in [-0.15, -0.1) is 24.5 Å². The molecule has 2 saturated heterocycles. The maximum atomic E-state index is 16.7. The van der Waals surface area contributed by atoms with E-state index in [0.717, 1.165) is 25.1 Å². The Morgan fingerprint density at radius 1 is 1.11 bits per heavy atom. The van der Waals surface area contributed by atoms with E-state index in [1.54, 1.807) is 17.0 Å². The van der Waals surface area contributed by atoms with Crippen LogP contribution >= 0.6 is 11.3 Å². The molecule has 20 heteroatoms. The number of rotatable bonds is 5. The number of pyridine rings is 1. The Kier molecular flexibility index (Phi) is 11.5. The fourth-order valence-corrected chi connectivity index (χ4v) is 7.95. The summed E-state index contributed by atoms with van der Waals surface area (Å²) in [7, 11) is 1.24. The number of methoxy groups -OCH3 is 1. The van der Waals surface area contributed by atoms with Crippen molar-refractivity contribution in [3.8, 4) is 34.7 Å². The summed E-state index contributed by atoms with van der Waals surface area (Å²) in [6.07, 6.45) is -1.01. The maximum Gasteiger partial charge on any atom is 0.573 e. The number of alkyl halides is 6. The SMILES string of the molecule is COc1nc2c3c(c(OC(F)(F)F)c(-c4ccc(F)c5sc(N)c(C#N)c45)c(F)c3n1)OCCN2Cc1cccnc1N.FC1CC2CCCN2C1.FCF. The number of fused-ring (bicyclic) bond motifs is 2. The zero-order valence-electron chi connectivity index (χ0n) is 28.9. The second kappa shape index (κ2) is 16.1. The van der Waals surface area contributed by atoms with Gasteiger partial charge in [-0.3, -0.25) is 4.90 Å². The number of anilines is 3. The molecule has 8 rings (SSSR count). The molecule has 3 aliphatic heterocycles. The van der Waals surface area contributed by atoms with E-state index in [1.807, 2.05) is 6.07 Å². The van der Waals surface area contributed by atoms with Gasteiger partial charge in [0.25, 0.3) is 0 Å². The summed E-state index contributed by atoms with van der Waals surface area (Å²) in [6, 6.07) is 7.47. The Morgan fingerprint density at radius 2 is 1.87 bits per heavy atom. The summed E-state index contributed by atoms with van der Waals surface area (Å²) in [5.74, 6) is -3.47. The van der Waals surface area contributed by atoms with Gasteiger partial charge in [0.2, 0.25) is 6.93 Å². The normalized spacial score (nSPS) is 17.7. The smallest absolute Gasteiger partial charge is 0.487 e. The number of nitrogens with zero attached hydrogens (tertiary/aromatic N) is 6. The van der Waals surface area contributed by atoms with E-state index >= 15 is 4.39 Å². The highest BCUT2D eigenvalue weighted by Gasteiger charge is 2.40. The van der Waals surface area contributed by atoms with E-state index < -0.39 is 53.7 Å². The molecular formula is C35H32F8N8O3S. The third-order valence-electron chi connectivity index (χ3n) is 9.21. The van der Waals surface area contributed by atoms with Crippen molar-refractivity contribution in [1.29, 1.82) is 5.26 Å². The molecule has 2 aromatic carbocycles. The van der Waals surface area contributed by atoms with Crippen LogP contribution in [-0.2, 0) is 6.54 Å². The van der Waals surface area contributed by atoms with E-state index in [0.29, 0.717) is 29.5 Å². The Hall–Kier alpha value is -5.42. The lowest BCUT2D eigenvalue weighted by molar-refractivity contribution is -0.274. The Morgan fingerprint density at radius 3 is 2.55 bits per heavy atom. The first-order chi connectivity index (χ1) is 26.3. The topological polar surface area (TPSA) is 149 Å². The van der Waals surface area contributed by atoms with Gasteiger partial charge < -0.3 is 30.6 Å². The maximum absolute atomic E-state index is 16.7. The number of hydrogen-bond donors (Lipinski definition) is 2. The molecular weight excluding hydrogens is 764 g/mol. The number of thiophene rings is 1.